The van der Waals surface area contributed by atoms with Crippen molar-refractivity contribution in [3.05, 3.63) is 91.0 Å². The van der Waals surface area contributed by atoms with Gasteiger partial charge in [0.15, 0.2) is 0 Å². The van der Waals surface area contributed by atoms with E-state index in [1.165, 1.54) is 0 Å². The molecular formula is C21H17N2P. The van der Waals surface area contributed by atoms with Gasteiger partial charge in [-0.1, -0.05) is 78.9 Å². The fourth-order valence-corrected chi connectivity index (χ4v) is 3.14. The van der Waals surface area contributed by atoms with E-state index in [-0.39, 0.29) is 0 Å². The average molecular weight is 328 g/mol. The maximum absolute atomic E-state index is 4.89. The summed E-state index contributed by atoms with van der Waals surface area (Å²) >= 11 is 0. The first-order valence-electron chi connectivity index (χ1n) is 7.89. The summed E-state index contributed by atoms with van der Waals surface area (Å²) < 4.78 is 2.03. The zero-order valence-electron chi connectivity index (χ0n) is 13.1. The molecule has 0 spiro atoms. The molecule has 4 aromatic rings. The fraction of sp³-hybridized carbons (Fsp3) is 0. The van der Waals surface area contributed by atoms with E-state index in [1.54, 1.807) is 0 Å². The smallest absolute Gasteiger partial charge is 0.0934 e. The van der Waals surface area contributed by atoms with Gasteiger partial charge in [0.05, 0.1) is 17.1 Å². The minimum atomic E-state index is 0.975. The molecule has 0 saturated carbocycles. The molecule has 0 saturated heterocycles. The number of benzene rings is 3. The van der Waals surface area contributed by atoms with E-state index in [1.807, 2.05) is 41.1 Å². The molecule has 0 bridgehead atoms. The van der Waals surface area contributed by atoms with Gasteiger partial charge in [-0.3, -0.25) is 0 Å². The molecule has 4 rings (SSSR count). The minimum absolute atomic E-state index is 0.975. The van der Waals surface area contributed by atoms with Crippen LogP contribution in [0.1, 0.15) is 0 Å². The van der Waals surface area contributed by atoms with Gasteiger partial charge in [-0.05, 0) is 17.4 Å². The van der Waals surface area contributed by atoms with Crippen molar-refractivity contribution in [1.82, 2.24) is 9.78 Å². The number of para-hydroxylation sites is 1. The van der Waals surface area contributed by atoms with E-state index in [9.17, 15) is 0 Å². The molecule has 3 aromatic carbocycles. The number of aromatic nitrogens is 2. The highest BCUT2D eigenvalue weighted by Gasteiger charge is 2.13. The van der Waals surface area contributed by atoms with Crippen LogP contribution in [-0.4, -0.2) is 9.78 Å². The molecule has 0 fully saturated rings. The molecule has 0 N–H and O–H groups in total. The Morgan fingerprint density at radius 2 is 1.25 bits per heavy atom. The second-order valence-corrected chi connectivity index (χ2v) is 6.24. The largest absolute Gasteiger partial charge is 0.232 e. The van der Waals surface area contributed by atoms with Crippen LogP contribution in [0.5, 0.6) is 0 Å². The van der Waals surface area contributed by atoms with E-state index in [4.69, 9.17) is 5.10 Å². The van der Waals surface area contributed by atoms with Crippen LogP contribution >= 0.6 is 9.24 Å². The Bertz CT molecular complexity index is 960. The average Bonchev–Trinajstić information content (AvgIpc) is 3.09. The molecule has 2 nitrogen and oxygen atoms in total. The molecule has 24 heavy (non-hydrogen) atoms. The maximum Gasteiger partial charge on any atom is 0.0934 e. The zero-order valence-corrected chi connectivity index (χ0v) is 14.3. The number of hydrogen-bond donors (Lipinski definition) is 0. The predicted molar refractivity (Wildman–Crippen MR) is 104 cm³/mol. The van der Waals surface area contributed by atoms with Gasteiger partial charge < -0.3 is 0 Å². The first-order valence-corrected chi connectivity index (χ1v) is 8.46. The molecule has 1 aromatic heterocycles. The Hall–Kier alpha value is -2.70. The van der Waals surface area contributed by atoms with Gasteiger partial charge in [0.1, 0.15) is 0 Å². The highest BCUT2D eigenvalue weighted by atomic mass is 31.0. The lowest BCUT2D eigenvalue weighted by Crippen LogP contribution is -2.08. The second kappa shape index (κ2) is 6.43. The van der Waals surface area contributed by atoms with Crippen LogP contribution in [0.25, 0.3) is 28.2 Å². The molecule has 0 aliphatic heterocycles. The van der Waals surface area contributed by atoms with E-state index >= 15 is 0 Å². The summed E-state index contributed by atoms with van der Waals surface area (Å²) in [6.45, 7) is 0. The molecule has 0 amide bonds. The highest BCUT2D eigenvalue weighted by Crippen LogP contribution is 2.28. The molecular weight excluding hydrogens is 311 g/mol. The van der Waals surface area contributed by atoms with E-state index in [0.29, 0.717) is 0 Å². The van der Waals surface area contributed by atoms with Crippen molar-refractivity contribution < 1.29 is 0 Å². The maximum atomic E-state index is 4.89. The van der Waals surface area contributed by atoms with E-state index < -0.39 is 0 Å². The van der Waals surface area contributed by atoms with Gasteiger partial charge in [-0.2, -0.15) is 5.10 Å². The topological polar surface area (TPSA) is 17.8 Å². The molecule has 0 aliphatic carbocycles. The van der Waals surface area contributed by atoms with Gasteiger partial charge in [-0.15, -0.1) is 9.24 Å². The van der Waals surface area contributed by atoms with Crippen LogP contribution < -0.4 is 5.30 Å². The zero-order chi connectivity index (χ0) is 16.4. The van der Waals surface area contributed by atoms with Crippen LogP contribution in [0.3, 0.4) is 0 Å². The van der Waals surface area contributed by atoms with Crippen LogP contribution in [0.4, 0.5) is 0 Å². The SMILES string of the molecule is Pc1ccccc1-n1nc(-c2ccccc2)cc1-c1ccccc1. The van der Waals surface area contributed by atoms with Crippen molar-refractivity contribution in [1.29, 1.82) is 0 Å². The molecule has 116 valence electrons. The van der Waals surface area contributed by atoms with Crippen LogP contribution in [0.15, 0.2) is 91.0 Å². The second-order valence-electron chi connectivity index (χ2n) is 5.62. The Labute approximate surface area is 144 Å². The van der Waals surface area contributed by atoms with Gasteiger partial charge in [-0.25, -0.2) is 4.68 Å². The van der Waals surface area contributed by atoms with Crippen molar-refractivity contribution in [2.45, 2.75) is 0 Å². The molecule has 0 aliphatic rings. The summed E-state index contributed by atoms with van der Waals surface area (Å²) in [6, 6.07) is 31.1. The Morgan fingerprint density at radius 1 is 0.667 bits per heavy atom. The van der Waals surface area contributed by atoms with Crippen LogP contribution in [0, 0.1) is 0 Å². The number of rotatable bonds is 3. The first-order chi connectivity index (χ1) is 11.8. The highest BCUT2D eigenvalue weighted by molar-refractivity contribution is 7.27. The van der Waals surface area contributed by atoms with Gasteiger partial charge in [0, 0.05) is 11.1 Å². The third-order valence-electron chi connectivity index (χ3n) is 4.01. The monoisotopic (exact) mass is 328 g/mol. The molecule has 0 radical (unpaired) electrons. The summed E-state index contributed by atoms with van der Waals surface area (Å²) in [6.07, 6.45) is 0. The molecule has 3 heteroatoms. The lowest BCUT2D eigenvalue weighted by atomic mass is 10.1. The summed E-state index contributed by atoms with van der Waals surface area (Å²) in [5.41, 5.74) is 5.41. The van der Waals surface area contributed by atoms with Gasteiger partial charge >= 0.3 is 0 Å². The normalized spacial score (nSPS) is 10.7. The van der Waals surface area contributed by atoms with Crippen molar-refractivity contribution in [2.24, 2.45) is 0 Å². The first kappa shape index (κ1) is 14.9. The summed E-state index contributed by atoms with van der Waals surface area (Å²) in [7, 11) is 2.80. The lowest BCUT2D eigenvalue weighted by molar-refractivity contribution is 0.897. The molecule has 1 heterocycles. The summed E-state index contributed by atoms with van der Waals surface area (Å²) in [5.74, 6) is 0. The molecule has 1 atom stereocenters. The Morgan fingerprint density at radius 3 is 1.92 bits per heavy atom. The van der Waals surface area contributed by atoms with Crippen molar-refractivity contribution in [2.75, 3.05) is 0 Å². The van der Waals surface area contributed by atoms with Crippen molar-refractivity contribution in [3.8, 4) is 28.2 Å². The Kier molecular flexibility index (Phi) is 3.98. The van der Waals surface area contributed by atoms with Crippen molar-refractivity contribution >= 4 is 14.5 Å². The summed E-state index contributed by atoms with van der Waals surface area (Å²) in [4.78, 5) is 0. The fourth-order valence-electron chi connectivity index (χ4n) is 2.81. The predicted octanol–water partition coefficient (Wildman–Crippen LogP) is 4.71. The third kappa shape index (κ3) is 2.77. The quantitative estimate of drug-likeness (QED) is 0.498. The number of hydrogen-bond acceptors (Lipinski definition) is 1. The standard InChI is InChI=1S/C21H17N2P/c24-21-14-8-7-13-19(21)23-20(17-11-5-2-6-12-17)15-18(22-23)16-9-3-1-4-10-16/h1-15H,24H2. The number of nitrogens with zero attached hydrogens (tertiary/aromatic N) is 2. The van der Waals surface area contributed by atoms with E-state index in [0.717, 1.165) is 33.5 Å². The Balaban J connectivity index is 1.94. The lowest BCUT2D eigenvalue weighted by Gasteiger charge is -2.10. The molecule has 1 unspecified atom stereocenters. The summed E-state index contributed by atoms with van der Waals surface area (Å²) in [5, 5.41) is 6.01. The van der Waals surface area contributed by atoms with Gasteiger partial charge in [0.2, 0.25) is 0 Å². The van der Waals surface area contributed by atoms with E-state index in [2.05, 4.69) is 63.8 Å². The van der Waals surface area contributed by atoms with Gasteiger partial charge in [0.25, 0.3) is 0 Å². The van der Waals surface area contributed by atoms with Crippen molar-refractivity contribution in [3.63, 3.8) is 0 Å². The third-order valence-corrected chi connectivity index (χ3v) is 4.50. The van der Waals surface area contributed by atoms with Crippen LogP contribution in [0.2, 0.25) is 0 Å². The van der Waals surface area contributed by atoms with Crippen LogP contribution in [-0.2, 0) is 0 Å². The minimum Gasteiger partial charge on any atom is -0.232 e.